The van der Waals surface area contributed by atoms with Gasteiger partial charge in [-0.2, -0.15) is 0 Å². The highest BCUT2D eigenvalue weighted by Crippen LogP contribution is 2.59. The number of fused-ring (bicyclic) bond motifs is 6. The van der Waals surface area contributed by atoms with Crippen molar-refractivity contribution in [1.29, 1.82) is 0 Å². The van der Waals surface area contributed by atoms with Gasteiger partial charge in [-0.1, -0.05) is 130 Å². The Hall–Kier alpha value is -5.86. The maximum absolute atomic E-state index is 2.56. The van der Waals surface area contributed by atoms with Crippen molar-refractivity contribution in [3.05, 3.63) is 190 Å². The van der Waals surface area contributed by atoms with Crippen LogP contribution in [-0.4, -0.2) is 0 Å². The maximum atomic E-state index is 2.56. The molecule has 60 heavy (non-hydrogen) atoms. The van der Waals surface area contributed by atoms with Gasteiger partial charge in [-0.3, -0.25) is 0 Å². The van der Waals surface area contributed by atoms with Gasteiger partial charge < -0.3 is 9.80 Å². The van der Waals surface area contributed by atoms with Gasteiger partial charge in [-0.05, 0) is 176 Å². The number of para-hydroxylation sites is 2. The number of anilines is 6. The van der Waals surface area contributed by atoms with E-state index in [0.29, 0.717) is 0 Å². The van der Waals surface area contributed by atoms with Gasteiger partial charge in [0.1, 0.15) is 0 Å². The lowest BCUT2D eigenvalue weighted by molar-refractivity contribution is 0.590. The second kappa shape index (κ2) is 13.8. The van der Waals surface area contributed by atoms with Crippen molar-refractivity contribution in [1.82, 2.24) is 0 Å². The molecule has 7 aromatic rings. The average molecular weight is 785 g/mol. The van der Waals surface area contributed by atoms with E-state index in [1.807, 2.05) is 0 Å². The normalized spacial score (nSPS) is 14.6. The summed E-state index contributed by atoms with van der Waals surface area (Å²) in [5, 5.41) is 0. The molecule has 0 amide bonds. The van der Waals surface area contributed by atoms with Crippen LogP contribution in [0.1, 0.15) is 114 Å². The molecule has 0 saturated carbocycles. The fraction of sp³-hybridized carbons (Fsp3) is 0.276. The first-order valence-electron chi connectivity index (χ1n) is 21.8. The van der Waals surface area contributed by atoms with E-state index in [0.717, 1.165) is 11.4 Å². The minimum atomic E-state index is -0.191. The molecule has 302 valence electrons. The monoisotopic (exact) mass is 784 g/mol. The Balaban J connectivity index is 1.15. The number of hydrogen-bond donors (Lipinski definition) is 0. The molecule has 0 spiro atoms. The third-order valence-corrected chi connectivity index (χ3v) is 13.6. The van der Waals surface area contributed by atoms with Crippen LogP contribution in [0.4, 0.5) is 34.1 Å². The fourth-order valence-corrected chi connectivity index (χ4v) is 10.1. The van der Waals surface area contributed by atoms with Gasteiger partial charge in [0, 0.05) is 45.0 Å². The summed E-state index contributed by atoms with van der Waals surface area (Å²) in [6.45, 7) is 28.0. The van der Waals surface area contributed by atoms with E-state index < -0.39 is 0 Å². The van der Waals surface area contributed by atoms with E-state index in [2.05, 4.69) is 238 Å². The van der Waals surface area contributed by atoms with Crippen LogP contribution in [0.5, 0.6) is 0 Å². The van der Waals surface area contributed by atoms with Crippen LogP contribution >= 0.6 is 0 Å². The van der Waals surface area contributed by atoms with Gasteiger partial charge in [0.15, 0.2) is 0 Å². The number of benzene rings is 7. The zero-order valence-corrected chi connectivity index (χ0v) is 37.8. The highest BCUT2D eigenvalue weighted by Gasteiger charge is 2.43. The van der Waals surface area contributed by atoms with Crippen LogP contribution in [0.25, 0.3) is 22.3 Å². The van der Waals surface area contributed by atoms with E-state index in [4.69, 9.17) is 0 Å². The molecular formula is C58H60N2. The second-order valence-corrected chi connectivity index (χ2v) is 20.5. The largest absolute Gasteiger partial charge is 0.310 e. The zero-order chi connectivity index (χ0) is 42.5. The van der Waals surface area contributed by atoms with E-state index >= 15 is 0 Å². The van der Waals surface area contributed by atoms with Gasteiger partial charge in [-0.15, -0.1) is 0 Å². The smallest absolute Gasteiger partial charge is 0.0467 e. The first-order chi connectivity index (χ1) is 28.4. The molecule has 0 unspecified atom stereocenters. The molecular weight excluding hydrogens is 725 g/mol. The highest BCUT2D eigenvalue weighted by atomic mass is 15.1. The third kappa shape index (κ3) is 6.38. The Labute approximate surface area is 359 Å². The summed E-state index contributed by atoms with van der Waals surface area (Å²) in [7, 11) is 0. The minimum Gasteiger partial charge on any atom is -0.310 e. The molecule has 0 aromatic heterocycles. The van der Waals surface area contributed by atoms with E-state index in [9.17, 15) is 0 Å². The zero-order valence-electron chi connectivity index (χ0n) is 37.8. The molecule has 0 heterocycles. The van der Waals surface area contributed by atoms with Crippen LogP contribution in [0.15, 0.2) is 146 Å². The third-order valence-electron chi connectivity index (χ3n) is 13.6. The molecule has 0 atom stereocenters. The first kappa shape index (κ1) is 39.6. The standard InChI is InChI=1S/C58H60N2/c1-37-31-45(59(41-19-15-13-16-20-41)43-27-23-39(24-28-43)55(3,4)5)33-51-53(37)47-35-50-48(36-49(47)57(51,9)10)54-38(2)32-46(34-52(54)58(50,11)12)60(42-21-17-14-18-22-42)44-29-25-40(26-30-44)56(6,7)8/h13-36H,1-12H3. The van der Waals surface area contributed by atoms with Crippen molar-refractivity contribution in [2.45, 2.75) is 105 Å². The molecule has 0 radical (unpaired) electrons. The Bertz CT molecular complexity index is 2560. The molecule has 2 aliphatic carbocycles. The summed E-state index contributed by atoms with van der Waals surface area (Å²) in [4.78, 5) is 4.85. The Kier molecular flexibility index (Phi) is 9.14. The van der Waals surface area contributed by atoms with Crippen LogP contribution in [-0.2, 0) is 21.7 Å². The lowest BCUT2D eigenvalue weighted by atomic mass is 9.79. The molecule has 0 aliphatic heterocycles. The Morgan fingerprint density at radius 2 is 0.667 bits per heavy atom. The number of aryl methyl sites for hydroxylation is 2. The van der Waals surface area contributed by atoms with Gasteiger partial charge >= 0.3 is 0 Å². The summed E-state index contributed by atoms with van der Waals surface area (Å²) in [5.74, 6) is 0. The number of hydrogen-bond acceptors (Lipinski definition) is 2. The van der Waals surface area contributed by atoms with Crippen molar-refractivity contribution in [3.8, 4) is 22.3 Å². The summed E-state index contributed by atoms with van der Waals surface area (Å²) in [6.07, 6.45) is 0. The highest BCUT2D eigenvalue weighted by molar-refractivity contribution is 5.94. The van der Waals surface area contributed by atoms with Crippen LogP contribution in [0, 0.1) is 13.8 Å². The van der Waals surface area contributed by atoms with Crippen molar-refractivity contribution in [3.63, 3.8) is 0 Å². The lowest BCUT2D eigenvalue weighted by Gasteiger charge is -2.29. The van der Waals surface area contributed by atoms with Crippen LogP contribution < -0.4 is 9.80 Å². The quantitative estimate of drug-likeness (QED) is 0.166. The minimum absolute atomic E-state index is 0.0910. The van der Waals surface area contributed by atoms with E-state index in [1.54, 1.807) is 0 Å². The second-order valence-electron chi connectivity index (χ2n) is 20.5. The van der Waals surface area contributed by atoms with Crippen LogP contribution in [0.3, 0.4) is 0 Å². The molecule has 7 aromatic carbocycles. The SMILES string of the molecule is Cc1cc(N(c2ccccc2)c2ccc(C(C)(C)C)cc2)cc2c1-c1cc3c(cc1C2(C)C)-c1c(C)cc(N(c2ccccc2)c2ccc(C(C)(C)C)cc2)cc1C3(C)C. The summed E-state index contributed by atoms with van der Waals surface area (Å²) in [6, 6.07) is 54.9. The Morgan fingerprint density at radius 3 is 0.983 bits per heavy atom. The van der Waals surface area contributed by atoms with E-state index in [-0.39, 0.29) is 21.7 Å². The number of nitrogens with zero attached hydrogens (tertiary/aromatic N) is 2. The van der Waals surface area contributed by atoms with Crippen molar-refractivity contribution in [2.75, 3.05) is 9.80 Å². The summed E-state index contributed by atoms with van der Waals surface area (Å²) in [5.41, 5.74) is 23.3. The van der Waals surface area contributed by atoms with Gasteiger partial charge in [0.25, 0.3) is 0 Å². The number of rotatable bonds is 6. The van der Waals surface area contributed by atoms with Crippen molar-refractivity contribution >= 4 is 34.1 Å². The van der Waals surface area contributed by atoms with Crippen LogP contribution in [0.2, 0.25) is 0 Å². The molecule has 2 nitrogen and oxygen atoms in total. The van der Waals surface area contributed by atoms with Crippen molar-refractivity contribution < 1.29 is 0 Å². The topological polar surface area (TPSA) is 6.48 Å². The molecule has 9 rings (SSSR count). The fourth-order valence-electron chi connectivity index (χ4n) is 10.1. The first-order valence-corrected chi connectivity index (χ1v) is 21.8. The molecule has 0 fully saturated rings. The molecule has 0 N–H and O–H groups in total. The predicted molar refractivity (Wildman–Crippen MR) is 258 cm³/mol. The average Bonchev–Trinajstić information content (AvgIpc) is 3.57. The summed E-state index contributed by atoms with van der Waals surface area (Å²) < 4.78 is 0. The Morgan fingerprint density at radius 1 is 0.350 bits per heavy atom. The predicted octanol–water partition coefficient (Wildman–Crippen LogP) is 16.5. The molecule has 2 aliphatic rings. The molecule has 0 bridgehead atoms. The lowest BCUT2D eigenvalue weighted by Crippen LogP contribution is -2.18. The van der Waals surface area contributed by atoms with Gasteiger partial charge in [0.2, 0.25) is 0 Å². The summed E-state index contributed by atoms with van der Waals surface area (Å²) >= 11 is 0. The van der Waals surface area contributed by atoms with Crippen molar-refractivity contribution in [2.24, 2.45) is 0 Å². The molecule has 2 heteroatoms. The van der Waals surface area contributed by atoms with E-state index in [1.165, 1.54) is 89.5 Å². The molecule has 0 saturated heterocycles. The van der Waals surface area contributed by atoms with Gasteiger partial charge in [0.05, 0.1) is 0 Å². The maximum Gasteiger partial charge on any atom is 0.0467 e. The van der Waals surface area contributed by atoms with Gasteiger partial charge in [-0.25, -0.2) is 0 Å².